The lowest BCUT2D eigenvalue weighted by atomic mass is 9.99. The molecule has 7 heteroatoms. The second-order valence-electron chi connectivity index (χ2n) is 8.68. The molecule has 1 atom stereocenters. The summed E-state index contributed by atoms with van der Waals surface area (Å²) in [6.45, 7) is 5.89. The molecule has 1 amide bonds. The summed E-state index contributed by atoms with van der Waals surface area (Å²) in [4.78, 5) is 22.8. The molecule has 34 heavy (non-hydrogen) atoms. The maximum atomic E-state index is 12.1. The number of hydrogen-bond donors (Lipinski definition) is 3. The number of carboxylic acids is 1. The van der Waals surface area contributed by atoms with Gasteiger partial charge in [0.15, 0.2) is 5.60 Å². The number of halogens is 1. The standard InChI is InChI=1S/C27H32N2O4.ClH/c1-19(23-12-6-10-21-9-4-5-11-24(21)23)28-17-7-8-20-13-15-22(16-14-20)33-27(2,3)26(32)29-18-25(30)31;/h4-6,9-16,19,28H,7-8,17-18H2,1-3H3,(H,29,32)(H,30,31);1H/t19-;/m1./s1. The maximum Gasteiger partial charge on any atom is 0.322 e. The number of carbonyl (C=O) groups excluding carboxylic acids is 1. The molecule has 3 aromatic carbocycles. The van der Waals surface area contributed by atoms with Crippen molar-refractivity contribution in [2.75, 3.05) is 13.1 Å². The highest BCUT2D eigenvalue weighted by Crippen LogP contribution is 2.24. The zero-order valence-electron chi connectivity index (χ0n) is 19.8. The van der Waals surface area contributed by atoms with Gasteiger partial charge in [-0.2, -0.15) is 0 Å². The zero-order valence-corrected chi connectivity index (χ0v) is 20.7. The highest BCUT2D eigenvalue weighted by molar-refractivity contribution is 5.87. The van der Waals surface area contributed by atoms with Crippen LogP contribution in [0.4, 0.5) is 0 Å². The van der Waals surface area contributed by atoms with Crippen molar-refractivity contribution in [2.45, 2.75) is 45.3 Å². The van der Waals surface area contributed by atoms with Gasteiger partial charge in [-0.25, -0.2) is 0 Å². The SMILES string of the molecule is C[C@@H](NCCCc1ccc(OC(C)(C)C(=O)NCC(=O)O)cc1)c1cccc2ccccc12.Cl. The minimum atomic E-state index is -1.17. The molecule has 0 fully saturated rings. The molecule has 0 radical (unpaired) electrons. The number of rotatable bonds is 11. The number of benzene rings is 3. The van der Waals surface area contributed by atoms with Crippen molar-refractivity contribution >= 4 is 35.1 Å². The van der Waals surface area contributed by atoms with Gasteiger partial charge in [0.2, 0.25) is 0 Å². The van der Waals surface area contributed by atoms with Gasteiger partial charge in [0.1, 0.15) is 12.3 Å². The third-order valence-electron chi connectivity index (χ3n) is 5.63. The van der Waals surface area contributed by atoms with E-state index in [-0.39, 0.29) is 18.4 Å². The van der Waals surface area contributed by atoms with Crippen LogP contribution >= 0.6 is 12.4 Å². The van der Waals surface area contributed by atoms with Crippen LogP contribution in [0.1, 0.15) is 44.4 Å². The van der Waals surface area contributed by atoms with Gasteiger partial charge in [0.25, 0.3) is 5.91 Å². The number of nitrogens with one attached hydrogen (secondary N) is 2. The van der Waals surface area contributed by atoms with Crippen molar-refractivity contribution in [1.82, 2.24) is 10.6 Å². The van der Waals surface area contributed by atoms with Gasteiger partial charge < -0.3 is 20.5 Å². The third-order valence-corrected chi connectivity index (χ3v) is 5.63. The smallest absolute Gasteiger partial charge is 0.322 e. The first kappa shape index (κ1) is 27.2. The van der Waals surface area contributed by atoms with E-state index in [0.29, 0.717) is 5.75 Å². The molecule has 3 rings (SSSR count). The van der Waals surface area contributed by atoms with E-state index in [0.717, 1.165) is 19.4 Å². The van der Waals surface area contributed by atoms with E-state index in [9.17, 15) is 9.59 Å². The zero-order chi connectivity index (χ0) is 23.8. The van der Waals surface area contributed by atoms with E-state index in [1.165, 1.54) is 21.9 Å². The van der Waals surface area contributed by atoms with Crippen LogP contribution in [0.5, 0.6) is 5.75 Å². The van der Waals surface area contributed by atoms with Crippen molar-refractivity contribution in [3.63, 3.8) is 0 Å². The fourth-order valence-corrected chi connectivity index (χ4v) is 3.78. The van der Waals surface area contributed by atoms with Crippen molar-refractivity contribution in [3.8, 4) is 5.75 Å². The van der Waals surface area contributed by atoms with Crippen LogP contribution in [-0.2, 0) is 16.0 Å². The lowest BCUT2D eigenvalue weighted by Gasteiger charge is -2.25. The first-order valence-electron chi connectivity index (χ1n) is 11.3. The summed E-state index contributed by atoms with van der Waals surface area (Å²) >= 11 is 0. The number of amides is 1. The number of carbonyl (C=O) groups is 2. The predicted octanol–water partition coefficient (Wildman–Crippen LogP) is 4.90. The van der Waals surface area contributed by atoms with Gasteiger partial charge in [-0.1, -0.05) is 54.6 Å². The van der Waals surface area contributed by atoms with E-state index in [4.69, 9.17) is 9.84 Å². The van der Waals surface area contributed by atoms with Crippen molar-refractivity contribution < 1.29 is 19.4 Å². The fraction of sp³-hybridized carbons (Fsp3) is 0.333. The van der Waals surface area contributed by atoms with Crippen LogP contribution in [0.15, 0.2) is 66.7 Å². The minimum Gasteiger partial charge on any atom is -0.480 e. The van der Waals surface area contributed by atoms with Gasteiger partial charge in [0, 0.05) is 6.04 Å². The summed E-state index contributed by atoms with van der Waals surface area (Å²) in [6, 6.07) is 22.8. The largest absolute Gasteiger partial charge is 0.480 e. The molecule has 0 aliphatic heterocycles. The summed E-state index contributed by atoms with van der Waals surface area (Å²) in [5.74, 6) is -0.998. The molecule has 3 aromatic rings. The average Bonchev–Trinajstić information content (AvgIpc) is 2.80. The molecular formula is C27H33ClN2O4. The number of aryl methyl sites for hydroxylation is 1. The Morgan fingerprint density at radius 3 is 2.38 bits per heavy atom. The molecule has 0 aliphatic carbocycles. The summed E-state index contributed by atoms with van der Waals surface area (Å²) in [6.07, 6.45) is 1.93. The number of aliphatic carboxylic acids is 1. The molecule has 0 aromatic heterocycles. The molecule has 3 N–H and O–H groups in total. The highest BCUT2D eigenvalue weighted by atomic mass is 35.5. The fourth-order valence-electron chi connectivity index (χ4n) is 3.78. The normalized spacial score (nSPS) is 12.0. The van der Waals surface area contributed by atoms with Crippen LogP contribution in [0.2, 0.25) is 0 Å². The molecular weight excluding hydrogens is 452 g/mol. The summed E-state index contributed by atoms with van der Waals surface area (Å²) < 4.78 is 5.77. The first-order valence-corrected chi connectivity index (χ1v) is 11.3. The second-order valence-corrected chi connectivity index (χ2v) is 8.68. The van der Waals surface area contributed by atoms with E-state index in [1.807, 2.05) is 24.3 Å². The summed E-state index contributed by atoms with van der Waals surface area (Å²) in [5.41, 5.74) is 1.33. The van der Waals surface area contributed by atoms with Crippen LogP contribution in [0.3, 0.4) is 0 Å². The molecule has 0 bridgehead atoms. The summed E-state index contributed by atoms with van der Waals surface area (Å²) in [7, 11) is 0. The number of carboxylic acid groups (broad SMARTS) is 1. The van der Waals surface area contributed by atoms with Crippen molar-refractivity contribution in [2.24, 2.45) is 0 Å². The Hall–Kier alpha value is -3.09. The van der Waals surface area contributed by atoms with Crippen LogP contribution < -0.4 is 15.4 Å². The van der Waals surface area contributed by atoms with Crippen molar-refractivity contribution in [1.29, 1.82) is 0 Å². The number of ether oxygens (including phenoxy) is 1. The lowest BCUT2D eigenvalue weighted by molar-refractivity contribution is -0.141. The molecule has 6 nitrogen and oxygen atoms in total. The topological polar surface area (TPSA) is 87.7 Å². The molecule has 0 saturated carbocycles. The molecule has 0 aliphatic rings. The van der Waals surface area contributed by atoms with E-state index in [2.05, 4.69) is 60.0 Å². The Labute approximate surface area is 207 Å². The highest BCUT2D eigenvalue weighted by Gasteiger charge is 2.30. The average molecular weight is 485 g/mol. The Kier molecular flexibility index (Phi) is 9.90. The van der Waals surface area contributed by atoms with E-state index in [1.54, 1.807) is 13.8 Å². The third kappa shape index (κ3) is 7.47. The van der Waals surface area contributed by atoms with Gasteiger partial charge in [-0.05, 0) is 74.2 Å². The number of fused-ring (bicyclic) bond motifs is 1. The van der Waals surface area contributed by atoms with Gasteiger partial charge >= 0.3 is 5.97 Å². The van der Waals surface area contributed by atoms with Gasteiger partial charge in [-0.15, -0.1) is 12.4 Å². The predicted molar refractivity (Wildman–Crippen MR) is 138 cm³/mol. The van der Waals surface area contributed by atoms with E-state index < -0.39 is 24.0 Å². The quantitative estimate of drug-likeness (QED) is 0.337. The van der Waals surface area contributed by atoms with E-state index >= 15 is 0 Å². The Morgan fingerprint density at radius 1 is 1.00 bits per heavy atom. The molecule has 0 spiro atoms. The Balaban J connectivity index is 0.00000408. The summed E-state index contributed by atoms with van der Waals surface area (Å²) in [5, 5.41) is 17.2. The first-order chi connectivity index (χ1) is 15.8. The van der Waals surface area contributed by atoms with Gasteiger partial charge in [0.05, 0.1) is 0 Å². The number of hydrogen-bond acceptors (Lipinski definition) is 4. The maximum absolute atomic E-state index is 12.1. The molecule has 0 unspecified atom stereocenters. The molecule has 182 valence electrons. The molecule has 0 saturated heterocycles. The molecule has 0 heterocycles. The minimum absolute atomic E-state index is 0. The second kappa shape index (κ2) is 12.4. The monoisotopic (exact) mass is 484 g/mol. The van der Waals surface area contributed by atoms with Crippen molar-refractivity contribution in [3.05, 3.63) is 77.9 Å². The Bertz CT molecular complexity index is 1090. The van der Waals surface area contributed by atoms with Crippen LogP contribution in [0.25, 0.3) is 10.8 Å². The Morgan fingerprint density at radius 2 is 1.68 bits per heavy atom. The van der Waals surface area contributed by atoms with Gasteiger partial charge in [-0.3, -0.25) is 9.59 Å². The van der Waals surface area contributed by atoms with Crippen LogP contribution in [0, 0.1) is 0 Å². The lowest BCUT2D eigenvalue weighted by Crippen LogP contribution is -2.47. The van der Waals surface area contributed by atoms with Crippen LogP contribution in [-0.4, -0.2) is 35.7 Å².